The van der Waals surface area contributed by atoms with E-state index in [0.29, 0.717) is 47.9 Å². The predicted molar refractivity (Wildman–Crippen MR) is 110 cm³/mol. The molecule has 150 valence electrons. The van der Waals surface area contributed by atoms with Crippen molar-refractivity contribution in [2.45, 2.75) is 57.4 Å². The lowest BCUT2D eigenvalue weighted by Crippen LogP contribution is -2.50. The second-order valence-corrected chi connectivity index (χ2v) is 8.19. The van der Waals surface area contributed by atoms with E-state index < -0.39 is 0 Å². The third-order valence-electron chi connectivity index (χ3n) is 6.27. The number of piperidine rings is 2. The van der Waals surface area contributed by atoms with Crippen LogP contribution in [0.25, 0.3) is 10.9 Å². The average Bonchev–Trinajstić information content (AvgIpc) is 2.72. The molecule has 3 heterocycles. The van der Waals surface area contributed by atoms with Crippen LogP contribution in [0.3, 0.4) is 0 Å². The van der Waals surface area contributed by atoms with Crippen molar-refractivity contribution < 1.29 is 4.79 Å². The van der Waals surface area contributed by atoms with Crippen LogP contribution in [-0.2, 0) is 11.2 Å². The van der Waals surface area contributed by atoms with Gasteiger partial charge in [-0.05, 0) is 63.2 Å². The molecule has 2 aliphatic heterocycles. The summed E-state index contributed by atoms with van der Waals surface area (Å²) in [6, 6.07) is 8.00. The smallest absolute Gasteiger partial charge is 0.258 e. The second-order valence-electron chi connectivity index (χ2n) is 8.19. The van der Waals surface area contributed by atoms with Gasteiger partial charge in [-0.3, -0.25) is 9.59 Å². The SMILES string of the molecule is O=C(CCCc1nc2ccccc2c(=O)[nH]1)NCC1CCCN2CCCCC12. The van der Waals surface area contributed by atoms with E-state index in [2.05, 4.69) is 20.2 Å². The van der Waals surface area contributed by atoms with Crippen LogP contribution in [0, 0.1) is 5.92 Å². The minimum Gasteiger partial charge on any atom is -0.356 e. The molecule has 2 fully saturated rings. The Morgan fingerprint density at radius 2 is 2.04 bits per heavy atom. The fourth-order valence-corrected chi connectivity index (χ4v) is 4.82. The first-order valence-corrected chi connectivity index (χ1v) is 10.7. The van der Waals surface area contributed by atoms with Gasteiger partial charge >= 0.3 is 0 Å². The highest BCUT2D eigenvalue weighted by Crippen LogP contribution is 2.30. The van der Waals surface area contributed by atoms with Crippen molar-refractivity contribution >= 4 is 16.8 Å². The van der Waals surface area contributed by atoms with Crippen molar-refractivity contribution in [2.75, 3.05) is 19.6 Å². The molecule has 2 aromatic rings. The lowest BCUT2D eigenvalue weighted by Gasteiger charge is -2.44. The van der Waals surface area contributed by atoms with Gasteiger partial charge in [-0.1, -0.05) is 18.6 Å². The van der Waals surface area contributed by atoms with E-state index >= 15 is 0 Å². The van der Waals surface area contributed by atoms with E-state index in [4.69, 9.17) is 0 Å². The van der Waals surface area contributed by atoms with Gasteiger partial charge in [0, 0.05) is 25.4 Å². The van der Waals surface area contributed by atoms with Gasteiger partial charge in [0.25, 0.3) is 5.56 Å². The number of rotatable bonds is 6. The molecule has 2 N–H and O–H groups in total. The van der Waals surface area contributed by atoms with E-state index in [1.165, 1.54) is 45.2 Å². The Hall–Kier alpha value is -2.21. The molecule has 1 amide bonds. The number of fused-ring (bicyclic) bond motifs is 2. The van der Waals surface area contributed by atoms with Gasteiger partial charge in [0.2, 0.25) is 5.91 Å². The minimum absolute atomic E-state index is 0.107. The molecule has 1 aromatic carbocycles. The highest BCUT2D eigenvalue weighted by molar-refractivity contribution is 5.77. The molecular formula is C22H30N4O2. The van der Waals surface area contributed by atoms with E-state index in [0.717, 1.165) is 6.54 Å². The van der Waals surface area contributed by atoms with Crippen LogP contribution in [0.5, 0.6) is 0 Å². The number of nitrogens with one attached hydrogen (secondary N) is 2. The van der Waals surface area contributed by atoms with Crippen LogP contribution in [0.15, 0.2) is 29.1 Å². The van der Waals surface area contributed by atoms with Gasteiger partial charge in [-0.15, -0.1) is 0 Å². The first-order valence-electron chi connectivity index (χ1n) is 10.7. The molecule has 0 radical (unpaired) electrons. The molecule has 6 heteroatoms. The van der Waals surface area contributed by atoms with E-state index in [1.54, 1.807) is 6.07 Å². The Balaban J connectivity index is 1.24. The van der Waals surface area contributed by atoms with Crippen LogP contribution in [0.2, 0.25) is 0 Å². The number of para-hydroxylation sites is 1. The summed E-state index contributed by atoms with van der Waals surface area (Å²) in [5.74, 6) is 1.36. The molecule has 2 unspecified atom stereocenters. The zero-order valence-electron chi connectivity index (χ0n) is 16.5. The third-order valence-corrected chi connectivity index (χ3v) is 6.27. The standard InChI is InChI=1S/C22H30N4O2/c27-21(23-15-16-7-6-14-26-13-4-3-10-19(16)26)12-5-11-20-24-18-9-2-1-8-17(18)22(28)25-20/h1-2,8-9,16,19H,3-7,10-15H2,(H,23,27)(H,24,25,28). The lowest BCUT2D eigenvalue weighted by molar-refractivity contribution is -0.121. The molecule has 2 saturated heterocycles. The van der Waals surface area contributed by atoms with Gasteiger partial charge in [0.15, 0.2) is 0 Å². The molecule has 2 aliphatic rings. The van der Waals surface area contributed by atoms with Crippen molar-refractivity contribution in [3.8, 4) is 0 Å². The van der Waals surface area contributed by atoms with Gasteiger partial charge in [-0.25, -0.2) is 4.98 Å². The number of H-pyrrole nitrogens is 1. The number of hydrogen-bond donors (Lipinski definition) is 2. The Kier molecular flexibility index (Phi) is 6.05. The van der Waals surface area contributed by atoms with Gasteiger partial charge < -0.3 is 15.2 Å². The minimum atomic E-state index is -0.112. The highest BCUT2D eigenvalue weighted by atomic mass is 16.1. The summed E-state index contributed by atoms with van der Waals surface area (Å²) in [6.07, 6.45) is 8.16. The molecule has 2 atom stereocenters. The molecular weight excluding hydrogens is 352 g/mol. The van der Waals surface area contributed by atoms with Crippen molar-refractivity contribution in [1.82, 2.24) is 20.2 Å². The number of aromatic amines is 1. The van der Waals surface area contributed by atoms with Crippen molar-refractivity contribution in [3.63, 3.8) is 0 Å². The van der Waals surface area contributed by atoms with Gasteiger partial charge in [0.1, 0.15) is 5.82 Å². The average molecular weight is 383 g/mol. The number of aromatic nitrogens is 2. The Bertz CT molecular complexity index is 876. The summed E-state index contributed by atoms with van der Waals surface area (Å²) < 4.78 is 0. The third kappa shape index (κ3) is 4.43. The van der Waals surface area contributed by atoms with Gasteiger partial charge in [-0.2, -0.15) is 0 Å². The summed E-state index contributed by atoms with van der Waals surface area (Å²) in [7, 11) is 0. The largest absolute Gasteiger partial charge is 0.356 e. The topological polar surface area (TPSA) is 78.1 Å². The maximum absolute atomic E-state index is 12.3. The number of carbonyl (C=O) groups excluding carboxylic acids is 1. The molecule has 28 heavy (non-hydrogen) atoms. The number of nitrogens with zero attached hydrogens (tertiary/aromatic N) is 2. The van der Waals surface area contributed by atoms with Crippen LogP contribution in [0.4, 0.5) is 0 Å². The second kappa shape index (κ2) is 8.86. The Morgan fingerprint density at radius 3 is 2.96 bits per heavy atom. The van der Waals surface area contributed by atoms with E-state index in [9.17, 15) is 9.59 Å². The number of benzene rings is 1. The van der Waals surface area contributed by atoms with Gasteiger partial charge in [0.05, 0.1) is 10.9 Å². The van der Waals surface area contributed by atoms with Crippen molar-refractivity contribution in [3.05, 3.63) is 40.4 Å². The molecule has 1 aromatic heterocycles. The molecule has 4 rings (SSSR count). The molecule has 0 spiro atoms. The molecule has 0 aliphatic carbocycles. The first kappa shape index (κ1) is 19.1. The zero-order valence-corrected chi connectivity index (χ0v) is 16.5. The van der Waals surface area contributed by atoms with E-state index in [-0.39, 0.29) is 11.5 Å². The summed E-state index contributed by atoms with van der Waals surface area (Å²) >= 11 is 0. The van der Waals surface area contributed by atoms with Crippen molar-refractivity contribution in [1.29, 1.82) is 0 Å². The molecule has 0 bridgehead atoms. The fraction of sp³-hybridized carbons (Fsp3) is 0.591. The maximum atomic E-state index is 12.3. The van der Waals surface area contributed by atoms with Crippen LogP contribution in [0.1, 0.15) is 50.8 Å². The van der Waals surface area contributed by atoms with Crippen LogP contribution < -0.4 is 10.9 Å². The van der Waals surface area contributed by atoms with Crippen LogP contribution in [-0.4, -0.2) is 46.5 Å². The molecule has 0 saturated carbocycles. The zero-order chi connectivity index (χ0) is 19.3. The Morgan fingerprint density at radius 1 is 1.18 bits per heavy atom. The lowest BCUT2D eigenvalue weighted by atomic mass is 9.83. The highest BCUT2D eigenvalue weighted by Gasteiger charge is 2.32. The first-order chi connectivity index (χ1) is 13.7. The normalized spacial score (nSPS) is 22.7. The summed E-state index contributed by atoms with van der Waals surface area (Å²) in [4.78, 5) is 34.4. The maximum Gasteiger partial charge on any atom is 0.258 e. The Labute approximate surface area is 165 Å². The van der Waals surface area contributed by atoms with Crippen LogP contribution >= 0.6 is 0 Å². The quantitative estimate of drug-likeness (QED) is 0.805. The monoisotopic (exact) mass is 382 g/mol. The fourth-order valence-electron chi connectivity index (χ4n) is 4.82. The van der Waals surface area contributed by atoms with Crippen molar-refractivity contribution in [2.24, 2.45) is 5.92 Å². The number of aryl methyl sites for hydroxylation is 1. The summed E-state index contributed by atoms with van der Waals surface area (Å²) in [5, 5.41) is 3.76. The number of carbonyl (C=O) groups is 1. The predicted octanol–water partition coefficient (Wildman–Crippen LogP) is 2.63. The number of hydrogen-bond acceptors (Lipinski definition) is 4. The van der Waals surface area contributed by atoms with E-state index in [1.807, 2.05) is 18.2 Å². The molecule has 6 nitrogen and oxygen atoms in total. The summed E-state index contributed by atoms with van der Waals surface area (Å²) in [6.45, 7) is 3.25. The summed E-state index contributed by atoms with van der Waals surface area (Å²) in [5.41, 5.74) is 0.597. The number of amides is 1.